The number of anilines is 1. The first-order valence-corrected chi connectivity index (χ1v) is 10.2. The average molecular weight is 386 g/mol. The first-order valence-electron chi connectivity index (χ1n) is 7.84. The molecule has 24 heavy (non-hydrogen) atoms. The van der Waals surface area contributed by atoms with Gasteiger partial charge in [-0.15, -0.1) is 0 Å². The van der Waals surface area contributed by atoms with E-state index in [1.165, 1.54) is 5.56 Å². The average Bonchev–Trinajstić information content (AvgIpc) is 3.20. The van der Waals surface area contributed by atoms with Crippen LogP contribution < -0.4 is 8.38 Å². The van der Waals surface area contributed by atoms with Crippen LogP contribution in [0.2, 0.25) is 0 Å². The number of hydrogen-bond donors (Lipinski definition) is 0. The zero-order chi connectivity index (χ0) is 16.7. The molecule has 6 heteroatoms. The van der Waals surface area contributed by atoms with E-state index in [9.17, 15) is 3.83 Å². The summed E-state index contributed by atoms with van der Waals surface area (Å²) in [6.07, 6.45) is 0. The Morgan fingerprint density at radius 1 is 1.08 bits per heavy atom. The number of aromatic nitrogens is 2. The van der Waals surface area contributed by atoms with Crippen molar-refractivity contribution in [1.29, 1.82) is 0 Å². The molecule has 0 N–H and O–H groups in total. The first-order chi connectivity index (χ1) is 11.6. The van der Waals surface area contributed by atoms with Crippen molar-refractivity contribution in [3.8, 4) is 11.5 Å². The van der Waals surface area contributed by atoms with Gasteiger partial charge in [-0.05, 0) is 0 Å². The molecule has 0 saturated heterocycles. The van der Waals surface area contributed by atoms with E-state index in [-0.39, 0.29) is 0 Å². The zero-order valence-corrected chi connectivity index (χ0v) is 15.2. The van der Waals surface area contributed by atoms with Gasteiger partial charge >= 0.3 is 144 Å². The Kier molecular flexibility index (Phi) is 3.79. The van der Waals surface area contributed by atoms with Crippen LogP contribution in [0.15, 0.2) is 52.9 Å². The molecule has 122 valence electrons. The number of benzene rings is 2. The standard InChI is InChI=1S/C18H17N3O2Se/c1-12(2)13-7-9-14(10-8-13)17-19-20-18(23-17)21-11-15-5-3-4-6-16(15)24(21)22/h3-10,12H,11H2,1-2H3. The molecule has 2 aromatic carbocycles. The van der Waals surface area contributed by atoms with Crippen molar-refractivity contribution in [2.24, 2.45) is 0 Å². The van der Waals surface area contributed by atoms with E-state index < -0.39 is 14.1 Å². The second-order valence-corrected chi connectivity index (χ2v) is 8.95. The molecule has 2 heterocycles. The van der Waals surface area contributed by atoms with Crippen LogP contribution in [0.4, 0.5) is 6.01 Å². The summed E-state index contributed by atoms with van der Waals surface area (Å²) in [4.78, 5) is 0. The summed E-state index contributed by atoms with van der Waals surface area (Å²) in [5.74, 6) is 0.932. The van der Waals surface area contributed by atoms with E-state index in [0.717, 1.165) is 15.6 Å². The van der Waals surface area contributed by atoms with Crippen LogP contribution in [0.25, 0.3) is 11.5 Å². The fraction of sp³-hybridized carbons (Fsp3) is 0.222. The van der Waals surface area contributed by atoms with Crippen LogP contribution in [-0.2, 0) is 10.4 Å². The molecule has 1 aliphatic heterocycles. The van der Waals surface area contributed by atoms with Gasteiger partial charge in [-0.2, -0.15) is 0 Å². The molecular formula is C18H17N3O2Se. The molecule has 0 bridgehead atoms. The van der Waals surface area contributed by atoms with Crippen LogP contribution in [0.5, 0.6) is 0 Å². The summed E-state index contributed by atoms with van der Waals surface area (Å²) in [5, 5.41) is 8.23. The van der Waals surface area contributed by atoms with Gasteiger partial charge in [-0.1, -0.05) is 0 Å². The Morgan fingerprint density at radius 2 is 1.83 bits per heavy atom. The molecule has 1 atom stereocenters. The van der Waals surface area contributed by atoms with E-state index in [4.69, 9.17) is 4.42 Å². The van der Waals surface area contributed by atoms with Crippen LogP contribution >= 0.6 is 0 Å². The predicted molar refractivity (Wildman–Crippen MR) is 92.5 cm³/mol. The van der Waals surface area contributed by atoms with Crippen LogP contribution in [-0.4, -0.2) is 24.2 Å². The molecule has 0 aliphatic carbocycles. The van der Waals surface area contributed by atoms with E-state index in [1.807, 2.05) is 36.4 Å². The number of fused-ring (bicyclic) bond motifs is 1. The first kappa shape index (κ1) is 15.2. The molecule has 0 fully saturated rings. The molecule has 0 radical (unpaired) electrons. The van der Waals surface area contributed by atoms with Gasteiger partial charge in [0.15, 0.2) is 0 Å². The SMILES string of the molecule is CC(C)c1ccc(-c2nnc(N3Cc4ccccc4[Se]3=O)o2)cc1. The Hall–Kier alpha value is -2.30. The van der Waals surface area contributed by atoms with Crippen molar-refractivity contribution in [3.05, 3.63) is 59.7 Å². The quantitative estimate of drug-likeness (QED) is 0.648. The molecule has 4 rings (SSSR count). The Bertz CT molecular complexity index is 903. The molecule has 1 aliphatic rings. The Labute approximate surface area is 144 Å². The molecular weight excluding hydrogens is 369 g/mol. The van der Waals surface area contributed by atoms with Crippen LogP contribution in [0.3, 0.4) is 0 Å². The normalized spacial score (nSPS) is 16.6. The fourth-order valence-electron chi connectivity index (χ4n) is 2.72. The van der Waals surface area contributed by atoms with Crippen LogP contribution in [0, 0.1) is 0 Å². The molecule has 1 unspecified atom stereocenters. The van der Waals surface area contributed by atoms with Gasteiger partial charge in [0, 0.05) is 0 Å². The van der Waals surface area contributed by atoms with Crippen LogP contribution in [0.1, 0.15) is 30.9 Å². The second-order valence-electron chi connectivity index (χ2n) is 6.06. The monoisotopic (exact) mass is 387 g/mol. The Balaban J connectivity index is 1.61. The third kappa shape index (κ3) is 2.58. The topological polar surface area (TPSA) is 59.2 Å². The minimum atomic E-state index is -2.35. The summed E-state index contributed by atoms with van der Waals surface area (Å²) in [6.45, 7) is 4.87. The van der Waals surface area contributed by atoms with Gasteiger partial charge in [0.25, 0.3) is 0 Å². The molecule has 0 spiro atoms. The van der Waals surface area contributed by atoms with Gasteiger partial charge < -0.3 is 0 Å². The molecule has 5 nitrogen and oxygen atoms in total. The minimum absolute atomic E-state index is 0.328. The predicted octanol–water partition coefficient (Wildman–Crippen LogP) is 3.01. The Morgan fingerprint density at radius 3 is 2.54 bits per heavy atom. The maximum atomic E-state index is 12.7. The van der Waals surface area contributed by atoms with E-state index in [2.05, 4.69) is 36.2 Å². The van der Waals surface area contributed by atoms with E-state index in [1.54, 1.807) is 3.92 Å². The summed E-state index contributed by atoms with van der Waals surface area (Å²) in [7, 11) is 0. The summed E-state index contributed by atoms with van der Waals surface area (Å²) >= 11 is -2.35. The number of hydrogen-bond acceptors (Lipinski definition) is 4. The van der Waals surface area contributed by atoms with E-state index >= 15 is 0 Å². The molecule has 0 saturated carbocycles. The van der Waals surface area contributed by atoms with Crippen molar-refractivity contribution in [3.63, 3.8) is 0 Å². The van der Waals surface area contributed by atoms with Crippen molar-refractivity contribution in [1.82, 2.24) is 10.2 Å². The van der Waals surface area contributed by atoms with E-state index in [0.29, 0.717) is 24.4 Å². The third-order valence-corrected chi connectivity index (χ3v) is 7.19. The molecule has 1 aromatic heterocycles. The maximum absolute atomic E-state index is 12.7. The van der Waals surface area contributed by atoms with Gasteiger partial charge in [-0.3, -0.25) is 0 Å². The fourth-order valence-corrected chi connectivity index (χ4v) is 5.37. The van der Waals surface area contributed by atoms with Gasteiger partial charge in [0.2, 0.25) is 0 Å². The van der Waals surface area contributed by atoms with Crippen molar-refractivity contribution < 1.29 is 8.25 Å². The summed E-state index contributed by atoms with van der Waals surface area (Å²) in [5.41, 5.74) is 3.20. The molecule has 0 amide bonds. The summed E-state index contributed by atoms with van der Waals surface area (Å²) < 4.78 is 21.1. The zero-order valence-electron chi connectivity index (χ0n) is 13.5. The molecule has 3 aromatic rings. The summed E-state index contributed by atoms with van der Waals surface area (Å²) in [6, 6.07) is 16.2. The number of nitrogens with zero attached hydrogens (tertiary/aromatic N) is 3. The second kappa shape index (κ2) is 5.96. The van der Waals surface area contributed by atoms with Gasteiger partial charge in [0.05, 0.1) is 0 Å². The third-order valence-electron chi connectivity index (χ3n) is 4.13. The number of rotatable bonds is 3. The van der Waals surface area contributed by atoms with Gasteiger partial charge in [-0.25, -0.2) is 0 Å². The van der Waals surface area contributed by atoms with Crippen molar-refractivity contribution >= 4 is 24.5 Å². The van der Waals surface area contributed by atoms with Crippen molar-refractivity contribution in [2.45, 2.75) is 26.3 Å². The van der Waals surface area contributed by atoms with Gasteiger partial charge in [0.1, 0.15) is 0 Å². The van der Waals surface area contributed by atoms with Crippen molar-refractivity contribution in [2.75, 3.05) is 3.92 Å².